The maximum Gasteiger partial charge on any atom is 0.310 e. The zero-order valence-corrected chi connectivity index (χ0v) is 16.7. The second kappa shape index (κ2) is 8.07. The number of carbonyl (C=O) groups excluding carboxylic acids is 1. The summed E-state index contributed by atoms with van der Waals surface area (Å²) in [5, 5.41) is 9.29. The number of esters is 1. The summed E-state index contributed by atoms with van der Waals surface area (Å²) in [4.78, 5) is 12.0. The molecule has 0 aliphatic carbocycles. The van der Waals surface area contributed by atoms with E-state index in [-0.39, 0.29) is 29.0 Å². The Kier molecular flexibility index (Phi) is 6.27. The van der Waals surface area contributed by atoms with Crippen molar-refractivity contribution in [3.8, 4) is 17.6 Å². The molecule has 136 valence electrons. The average molecular weight is 441 g/mol. The van der Waals surface area contributed by atoms with Gasteiger partial charge in [-0.3, -0.25) is 4.79 Å². The normalized spacial score (nSPS) is 11.0. The second-order valence-corrected chi connectivity index (χ2v) is 7.79. The van der Waals surface area contributed by atoms with Crippen molar-refractivity contribution in [2.45, 2.75) is 32.8 Å². The van der Waals surface area contributed by atoms with E-state index in [0.29, 0.717) is 9.50 Å². The minimum Gasteiger partial charge on any atom is -0.460 e. The molecule has 0 saturated carbocycles. The van der Waals surface area contributed by atoms with Crippen molar-refractivity contribution in [1.82, 2.24) is 0 Å². The fourth-order valence-electron chi connectivity index (χ4n) is 2.14. The average Bonchev–Trinajstić information content (AvgIpc) is 2.52. The number of hydrogen-bond donors (Lipinski definition) is 0. The van der Waals surface area contributed by atoms with Gasteiger partial charge in [0.25, 0.3) is 0 Å². The molecule has 0 N–H and O–H groups in total. The van der Waals surface area contributed by atoms with E-state index in [9.17, 15) is 9.18 Å². The summed E-state index contributed by atoms with van der Waals surface area (Å²) in [5.74, 6) is -1.12. The fourth-order valence-corrected chi connectivity index (χ4v) is 2.75. The molecular weight excluding hydrogens is 425 g/mol. The van der Waals surface area contributed by atoms with Crippen molar-refractivity contribution in [3.63, 3.8) is 0 Å². The molecular formula is C19H16BrClFNO3. The van der Waals surface area contributed by atoms with Crippen LogP contribution in [-0.4, -0.2) is 11.6 Å². The highest BCUT2D eigenvalue weighted by atomic mass is 79.9. The molecule has 2 aromatic carbocycles. The summed E-state index contributed by atoms with van der Waals surface area (Å²) in [5.41, 5.74) is -0.231. The molecule has 0 atom stereocenters. The highest BCUT2D eigenvalue weighted by molar-refractivity contribution is 9.10. The molecule has 0 amide bonds. The number of benzene rings is 2. The topological polar surface area (TPSA) is 59.3 Å². The zero-order chi connectivity index (χ0) is 19.5. The highest BCUT2D eigenvalue weighted by Gasteiger charge is 2.21. The van der Waals surface area contributed by atoms with Crippen molar-refractivity contribution in [2.75, 3.05) is 0 Å². The van der Waals surface area contributed by atoms with Crippen LogP contribution in [0.15, 0.2) is 34.8 Å². The van der Waals surface area contributed by atoms with Crippen molar-refractivity contribution >= 4 is 33.5 Å². The van der Waals surface area contributed by atoms with Crippen molar-refractivity contribution in [3.05, 3.63) is 56.8 Å². The van der Waals surface area contributed by atoms with Crippen LogP contribution >= 0.6 is 27.5 Å². The lowest BCUT2D eigenvalue weighted by molar-refractivity contribution is -0.153. The Morgan fingerprint density at radius 3 is 2.62 bits per heavy atom. The molecule has 0 unspecified atom stereocenters. The van der Waals surface area contributed by atoms with Crippen molar-refractivity contribution in [2.24, 2.45) is 0 Å². The minimum atomic E-state index is -0.691. The van der Waals surface area contributed by atoms with E-state index >= 15 is 0 Å². The summed E-state index contributed by atoms with van der Waals surface area (Å²) >= 11 is 9.17. The van der Waals surface area contributed by atoms with Crippen LogP contribution in [0.2, 0.25) is 5.02 Å². The number of halogens is 3. The molecule has 4 nitrogen and oxygen atoms in total. The fraction of sp³-hybridized carbons (Fsp3) is 0.263. The molecule has 0 fully saturated rings. The quantitative estimate of drug-likeness (QED) is 0.565. The Morgan fingerprint density at radius 2 is 2.00 bits per heavy atom. The van der Waals surface area contributed by atoms with Gasteiger partial charge in [-0.2, -0.15) is 5.26 Å². The van der Waals surface area contributed by atoms with Crippen LogP contribution in [0.1, 0.15) is 31.9 Å². The van der Waals surface area contributed by atoms with Gasteiger partial charge in [0.05, 0.1) is 22.5 Å². The monoisotopic (exact) mass is 439 g/mol. The first-order valence-electron chi connectivity index (χ1n) is 7.66. The summed E-state index contributed by atoms with van der Waals surface area (Å²) < 4.78 is 26.0. The summed E-state index contributed by atoms with van der Waals surface area (Å²) in [7, 11) is 0. The maximum atomic E-state index is 14.8. The third kappa shape index (κ3) is 5.45. The van der Waals surface area contributed by atoms with E-state index < -0.39 is 17.4 Å². The maximum absolute atomic E-state index is 14.8. The lowest BCUT2D eigenvalue weighted by Gasteiger charge is -2.20. The van der Waals surface area contributed by atoms with Crippen LogP contribution in [0.5, 0.6) is 11.5 Å². The molecule has 0 aromatic heterocycles. The minimum absolute atomic E-state index is 0.0998. The van der Waals surface area contributed by atoms with Crippen LogP contribution in [0.3, 0.4) is 0 Å². The Morgan fingerprint density at radius 1 is 1.31 bits per heavy atom. The Bertz CT molecular complexity index is 888. The Balaban J connectivity index is 2.31. The van der Waals surface area contributed by atoms with E-state index in [1.165, 1.54) is 24.3 Å². The molecule has 0 bridgehead atoms. The van der Waals surface area contributed by atoms with Gasteiger partial charge in [-0.25, -0.2) is 4.39 Å². The van der Waals surface area contributed by atoms with Gasteiger partial charge in [-0.1, -0.05) is 17.7 Å². The predicted octanol–water partition coefficient (Wildman–Crippen LogP) is 5.79. The van der Waals surface area contributed by atoms with E-state index in [0.717, 1.165) is 0 Å². The molecule has 2 rings (SSSR count). The number of nitrogens with zero attached hydrogens (tertiary/aromatic N) is 1. The van der Waals surface area contributed by atoms with Gasteiger partial charge < -0.3 is 9.47 Å². The van der Waals surface area contributed by atoms with Gasteiger partial charge >= 0.3 is 5.97 Å². The summed E-state index contributed by atoms with van der Waals surface area (Å²) in [6.07, 6.45) is -0.230. The molecule has 0 radical (unpaired) electrons. The van der Waals surface area contributed by atoms with Crippen molar-refractivity contribution < 1.29 is 18.7 Å². The van der Waals surface area contributed by atoms with Gasteiger partial charge in [0.15, 0.2) is 11.6 Å². The first kappa shape index (κ1) is 20.2. The van der Waals surface area contributed by atoms with Crippen LogP contribution in [-0.2, 0) is 16.0 Å². The van der Waals surface area contributed by atoms with Gasteiger partial charge in [0.2, 0.25) is 0 Å². The number of hydrogen-bond acceptors (Lipinski definition) is 4. The third-order valence-electron chi connectivity index (χ3n) is 3.10. The van der Waals surface area contributed by atoms with E-state index in [1.54, 1.807) is 26.8 Å². The van der Waals surface area contributed by atoms with Crippen LogP contribution in [0, 0.1) is 17.1 Å². The second-order valence-electron chi connectivity index (χ2n) is 6.50. The first-order valence-corrected chi connectivity index (χ1v) is 8.83. The number of carbonyl (C=O) groups is 1. The molecule has 26 heavy (non-hydrogen) atoms. The third-order valence-corrected chi connectivity index (χ3v) is 3.95. The molecule has 0 aliphatic rings. The van der Waals surface area contributed by atoms with Crippen LogP contribution in [0.4, 0.5) is 4.39 Å². The van der Waals surface area contributed by atoms with Gasteiger partial charge in [0.1, 0.15) is 11.4 Å². The summed E-state index contributed by atoms with van der Waals surface area (Å²) in [6.45, 7) is 5.22. The van der Waals surface area contributed by atoms with Crippen LogP contribution < -0.4 is 4.74 Å². The van der Waals surface area contributed by atoms with E-state index in [2.05, 4.69) is 15.9 Å². The van der Waals surface area contributed by atoms with E-state index in [4.69, 9.17) is 26.3 Å². The van der Waals surface area contributed by atoms with Crippen LogP contribution in [0.25, 0.3) is 0 Å². The number of nitriles is 1. The molecule has 0 heterocycles. The van der Waals surface area contributed by atoms with Crippen molar-refractivity contribution in [1.29, 1.82) is 5.26 Å². The van der Waals surface area contributed by atoms with Gasteiger partial charge in [-0.05, 0) is 61.0 Å². The SMILES string of the molecule is CC(C)(C)OC(=O)Cc1ccc(Br)c(Oc2cc(Cl)cc(C#N)c2)c1F. The summed E-state index contributed by atoms with van der Waals surface area (Å²) in [6, 6.07) is 9.39. The molecule has 0 saturated heterocycles. The van der Waals surface area contributed by atoms with E-state index in [1.807, 2.05) is 6.07 Å². The number of ether oxygens (including phenoxy) is 2. The molecule has 7 heteroatoms. The largest absolute Gasteiger partial charge is 0.460 e. The van der Waals surface area contributed by atoms with Gasteiger partial charge in [-0.15, -0.1) is 0 Å². The smallest absolute Gasteiger partial charge is 0.310 e. The lowest BCUT2D eigenvalue weighted by atomic mass is 10.1. The Hall–Kier alpha value is -2.10. The molecule has 2 aromatic rings. The number of rotatable bonds is 4. The first-order chi connectivity index (χ1) is 12.1. The zero-order valence-electron chi connectivity index (χ0n) is 14.4. The highest BCUT2D eigenvalue weighted by Crippen LogP contribution is 2.35. The predicted molar refractivity (Wildman–Crippen MR) is 99.9 cm³/mol. The molecule has 0 spiro atoms. The standard InChI is InChI=1S/C19H16BrClFNO3/c1-19(2,3)26-16(24)8-12-4-5-15(20)18(17(12)22)25-14-7-11(10-23)6-13(21)9-14/h4-7,9H,8H2,1-3H3. The lowest BCUT2D eigenvalue weighted by Crippen LogP contribution is -2.25. The Labute approximate surface area is 164 Å². The van der Waals surface area contributed by atoms with Gasteiger partial charge in [0, 0.05) is 10.6 Å². The molecule has 0 aliphatic heterocycles.